The molecule has 8 heteroatoms. The van der Waals surface area contributed by atoms with Crippen molar-refractivity contribution in [2.75, 3.05) is 25.5 Å². The number of hydrogen-bond donors (Lipinski definition) is 1. The third-order valence-corrected chi connectivity index (χ3v) is 5.44. The summed E-state index contributed by atoms with van der Waals surface area (Å²) in [6, 6.07) is 15.8. The van der Waals surface area contributed by atoms with Crippen LogP contribution in [0.1, 0.15) is 26.3 Å². The van der Waals surface area contributed by atoms with Gasteiger partial charge < -0.3 is 19.7 Å². The van der Waals surface area contributed by atoms with Crippen LogP contribution in [0.4, 0.5) is 5.69 Å². The SMILES string of the molecule is COc1ccc(OC2CN(C(=O)c3ccc(C)c(NC(=O)c4ccc(Cl)nc4)c3)C2)cc1. The van der Waals surface area contributed by atoms with Gasteiger partial charge in [0.05, 0.1) is 25.8 Å². The molecule has 2 heterocycles. The Balaban J connectivity index is 1.37. The fraction of sp³-hybridized carbons (Fsp3) is 0.208. The molecule has 1 saturated heterocycles. The van der Waals surface area contributed by atoms with Crippen molar-refractivity contribution in [3.8, 4) is 11.5 Å². The second kappa shape index (κ2) is 9.28. The third kappa shape index (κ3) is 4.84. The summed E-state index contributed by atoms with van der Waals surface area (Å²) in [6.45, 7) is 2.86. The Labute approximate surface area is 190 Å². The number of aryl methyl sites for hydroxylation is 1. The lowest BCUT2D eigenvalue weighted by Gasteiger charge is -2.39. The summed E-state index contributed by atoms with van der Waals surface area (Å²) in [4.78, 5) is 31.0. The average Bonchev–Trinajstić information content (AvgIpc) is 2.78. The molecule has 3 aromatic rings. The van der Waals surface area contributed by atoms with Crippen LogP contribution in [0.15, 0.2) is 60.8 Å². The Morgan fingerprint density at radius 3 is 2.38 bits per heavy atom. The maximum atomic E-state index is 12.9. The van der Waals surface area contributed by atoms with Crippen LogP contribution in [0, 0.1) is 6.92 Å². The number of amides is 2. The first-order valence-corrected chi connectivity index (χ1v) is 10.4. The number of nitrogens with zero attached hydrogens (tertiary/aromatic N) is 2. The highest BCUT2D eigenvalue weighted by Crippen LogP contribution is 2.24. The van der Waals surface area contributed by atoms with Crippen LogP contribution in [-0.4, -0.2) is 48.0 Å². The number of halogens is 1. The van der Waals surface area contributed by atoms with Gasteiger partial charge in [-0.1, -0.05) is 17.7 Å². The fourth-order valence-electron chi connectivity index (χ4n) is 3.30. The van der Waals surface area contributed by atoms with Gasteiger partial charge in [0.15, 0.2) is 0 Å². The van der Waals surface area contributed by atoms with Crippen LogP contribution in [0.3, 0.4) is 0 Å². The molecule has 7 nitrogen and oxygen atoms in total. The van der Waals surface area contributed by atoms with Crippen molar-refractivity contribution in [1.82, 2.24) is 9.88 Å². The molecule has 1 fully saturated rings. The normalized spacial score (nSPS) is 13.3. The Bertz CT molecular complexity index is 1130. The third-order valence-electron chi connectivity index (χ3n) is 5.22. The van der Waals surface area contributed by atoms with Crippen LogP contribution in [0.2, 0.25) is 5.15 Å². The Morgan fingerprint density at radius 1 is 1.03 bits per heavy atom. The molecule has 2 aromatic carbocycles. The van der Waals surface area contributed by atoms with E-state index in [9.17, 15) is 9.59 Å². The molecule has 164 valence electrons. The molecule has 4 rings (SSSR count). The first kappa shape index (κ1) is 21.6. The van der Waals surface area contributed by atoms with Gasteiger partial charge in [0.25, 0.3) is 11.8 Å². The molecule has 1 aromatic heterocycles. The highest BCUT2D eigenvalue weighted by atomic mass is 35.5. The van der Waals surface area contributed by atoms with Crippen molar-refractivity contribution in [1.29, 1.82) is 0 Å². The van der Waals surface area contributed by atoms with Crippen molar-refractivity contribution in [3.63, 3.8) is 0 Å². The van der Waals surface area contributed by atoms with Crippen molar-refractivity contribution in [3.05, 3.63) is 82.6 Å². The van der Waals surface area contributed by atoms with E-state index in [1.165, 1.54) is 6.20 Å². The number of anilines is 1. The van der Waals surface area contributed by atoms with E-state index < -0.39 is 0 Å². The molecule has 1 aliphatic heterocycles. The van der Waals surface area contributed by atoms with Crippen molar-refractivity contribution in [2.24, 2.45) is 0 Å². The zero-order valence-electron chi connectivity index (χ0n) is 17.7. The van der Waals surface area contributed by atoms with Crippen molar-refractivity contribution < 1.29 is 19.1 Å². The quantitative estimate of drug-likeness (QED) is 0.568. The van der Waals surface area contributed by atoms with Gasteiger partial charge in [-0.2, -0.15) is 0 Å². The Kier molecular flexibility index (Phi) is 6.28. The van der Waals surface area contributed by atoms with E-state index in [4.69, 9.17) is 21.1 Å². The second-order valence-corrected chi connectivity index (χ2v) is 7.87. The maximum Gasteiger partial charge on any atom is 0.257 e. The van der Waals surface area contributed by atoms with Gasteiger partial charge in [-0.05, 0) is 61.0 Å². The average molecular weight is 452 g/mol. The number of methoxy groups -OCH3 is 1. The highest BCUT2D eigenvalue weighted by molar-refractivity contribution is 6.29. The summed E-state index contributed by atoms with van der Waals surface area (Å²) in [5.74, 6) is 1.07. The van der Waals surface area contributed by atoms with Gasteiger partial charge in [-0.15, -0.1) is 0 Å². The number of likely N-dealkylation sites (tertiary alicyclic amines) is 1. The molecule has 0 unspecified atom stereocenters. The predicted molar refractivity (Wildman–Crippen MR) is 122 cm³/mol. The summed E-state index contributed by atoms with van der Waals surface area (Å²) < 4.78 is 11.0. The lowest BCUT2D eigenvalue weighted by atomic mass is 10.1. The predicted octanol–water partition coefficient (Wildman–Crippen LogP) is 4.21. The Hall–Kier alpha value is -3.58. The van der Waals surface area contributed by atoms with Crippen LogP contribution < -0.4 is 14.8 Å². The lowest BCUT2D eigenvalue weighted by molar-refractivity contribution is 0.0178. The van der Waals surface area contributed by atoms with Gasteiger partial charge in [0.1, 0.15) is 22.8 Å². The molecular formula is C24H22ClN3O4. The molecule has 32 heavy (non-hydrogen) atoms. The number of aromatic nitrogens is 1. The van der Waals surface area contributed by atoms with E-state index >= 15 is 0 Å². The summed E-state index contributed by atoms with van der Waals surface area (Å²) in [5, 5.41) is 3.15. The van der Waals surface area contributed by atoms with E-state index in [0.717, 1.165) is 17.1 Å². The molecule has 1 aliphatic rings. The molecule has 0 bridgehead atoms. The standard InChI is InChI=1S/C24H22ClN3O4/c1-15-3-4-16(11-21(15)27-23(29)17-5-10-22(25)26-12-17)24(30)28-13-20(14-28)32-19-8-6-18(31-2)7-9-19/h3-12,20H,13-14H2,1-2H3,(H,27,29). The van der Waals surface area contributed by atoms with E-state index in [-0.39, 0.29) is 17.9 Å². The summed E-state index contributed by atoms with van der Waals surface area (Å²) in [7, 11) is 1.61. The minimum atomic E-state index is -0.321. The molecule has 0 saturated carbocycles. The zero-order chi connectivity index (χ0) is 22.7. The number of pyridine rings is 1. The lowest BCUT2D eigenvalue weighted by Crippen LogP contribution is -2.56. The molecule has 0 atom stereocenters. The maximum absolute atomic E-state index is 12.9. The number of nitrogens with one attached hydrogen (secondary N) is 1. The van der Waals surface area contributed by atoms with Gasteiger partial charge in [-0.3, -0.25) is 9.59 Å². The molecule has 0 spiro atoms. The molecular weight excluding hydrogens is 430 g/mol. The second-order valence-electron chi connectivity index (χ2n) is 7.48. The van der Waals surface area contributed by atoms with Gasteiger partial charge in [0.2, 0.25) is 0 Å². The zero-order valence-corrected chi connectivity index (χ0v) is 18.4. The minimum Gasteiger partial charge on any atom is -0.497 e. The van der Waals surface area contributed by atoms with E-state index in [0.29, 0.717) is 35.1 Å². The molecule has 0 aliphatic carbocycles. The number of benzene rings is 2. The van der Waals surface area contributed by atoms with E-state index in [2.05, 4.69) is 10.3 Å². The van der Waals surface area contributed by atoms with Gasteiger partial charge in [-0.25, -0.2) is 4.98 Å². The smallest absolute Gasteiger partial charge is 0.257 e. The number of ether oxygens (including phenoxy) is 2. The minimum absolute atomic E-state index is 0.0608. The van der Waals surface area contributed by atoms with Crippen LogP contribution in [0.25, 0.3) is 0 Å². The summed E-state index contributed by atoms with van der Waals surface area (Å²) in [6.07, 6.45) is 1.35. The van der Waals surface area contributed by atoms with E-state index in [1.807, 2.05) is 37.3 Å². The molecule has 1 N–H and O–H groups in total. The summed E-state index contributed by atoms with van der Waals surface area (Å²) >= 11 is 5.78. The fourth-order valence-corrected chi connectivity index (χ4v) is 3.41. The van der Waals surface area contributed by atoms with Crippen LogP contribution >= 0.6 is 11.6 Å². The monoisotopic (exact) mass is 451 g/mol. The first-order chi connectivity index (χ1) is 15.4. The van der Waals surface area contributed by atoms with E-state index in [1.54, 1.807) is 36.3 Å². The largest absolute Gasteiger partial charge is 0.497 e. The van der Waals surface area contributed by atoms with Crippen LogP contribution in [-0.2, 0) is 0 Å². The molecule has 0 radical (unpaired) electrons. The number of carbonyl (C=O) groups excluding carboxylic acids is 2. The van der Waals surface area contributed by atoms with Gasteiger partial charge in [0, 0.05) is 17.4 Å². The highest BCUT2D eigenvalue weighted by Gasteiger charge is 2.33. The van der Waals surface area contributed by atoms with Crippen LogP contribution in [0.5, 0.6) is 11.5 Å². The van der Waals surface area contributed by atoms with Crippen molar-refractivity contribution in [2.45, 2.75) is 13.0 Å². The number of carbonyl (C=O) groups is 2. The van der Waals surface area contributed by atoms with Crippen molar-refractivity contribution >= 4 is 29.1 Å². The Morgan fingerprint density at radius 2 is 1.72 bits per heavy atom. The number of rotatable bonds is 6. The molecule has 2 amide bonds. The summed E-state index contributed by atoms with van der Waals surface area (Å²) in [5.41, 5.74) is 2.30. The van der Waals surface area contributed by atoms with Gasteiger partial charge >= 0.3 is 0 Å². The topological polar surface area (TPSA) is 80.8 Å². The number of hydrogen-bond acceptors (Lipinski definition) is 5. The first-order valence-electron chi connectivity index (χ1n) is 10.1.